The monoisotopic (exact) mass is 280 g/mol. The van der Waals surface area contributed by atoms with Gasteiger partial charge in [-0.25, -0.2) is 0 Å². The van der Waals surface area contributed by atoms with Crippen molar-refractivity contribution < 1.29 is 9.47 Å². The third-order valence-corrected chi connectivity index (χ3v) is 4.41. The fourth-order valence-electron chi connectivity index (χ4n) is 1.56. The molecule has 1 rings (SSSR count). The van der Waals surface area contributed by atoms with Gasteiger partial charge in [-0.15, -0.1) is 0 Å². The lowest BCUT2D eigenvalue weighted by atomic mass is 10.1. The van der Waals surface area contributed by atoms with Crippen molar-refractivity contribution in [1.82, 2.24) is 0 Å². The highest BCUT2D eigenvalue weighted by molar-refractivity contribution is 6.34. The summed E-state index contributed by atoms with van der Waals surface area (Å²) in [6.07, 6.45) is 1.99. The van der Waals surface area contributed by atoms with Crippen LogP contribution in [-0.4, -0.2) is 21.4 Å². The SMILES string of the molecule is CCC(C)(C)Oc1ccc(OC(C)(C)CC)c([SiH3])c1. The third-order valence-electron chi connectivity index (χ3n) is 3.63. The van der Waals surface area contributed by atoms with Crippen LogP contribution in [0.3, 0.4) is 0 Å². The number of rotatable bonds is 6. The number of hydrogen-bond donors (Lipinski definition) is 0. The summed E-state index contributed by atoms with van der Waals surface area (Å²) in [7, 11) is 0.958. The Morgan fingerprint density at radius 2 is 1.47 bits per heavy atom. The van der Waals surface area contributed by atoms with Gasteiger partial charge < -0.3 is 9.47 Å². The lowest BCUT2D eigenvalue weighted by Gasteiger charge is -2.28. The van der Waals surface area contributed by atoms with E-state index in [0.717, 1.165) is 34.6 Å². The average molecular weight is 280 g/mol. The molecule has 19 heavy (non-hydrogen) atoms. The number of benzene rings is 1. The van der Waals surface area contributed by atoms with Crippen molar-refractivity contribution in [1.29, 1.82) is 0 Å². The Bertz CT molecular complexity index is 425. The first-order valence-electron chi connectivity index (χ1n) is 7.18. The summed E-state index contributed by atoms with van der Waals surface area (Å²) in [6, 6.07) is 6.17. The maximum absolute atomic E-state index is 6.07. The molecule has 0 amide bonds. The molecule has 1 aromatic rings. The van der Waals surface area contributed by atoms with Crippen LogP contribution in [0.15, 0.2) is 18.2 Å². The molecule has 3 heteroatoms. The molecule has 0 aliphatic rings. The highest BCUT2D eigenvalue weighted by Crippen LogP contribution is 2.24. The molecule has 0 aliphatic heterocycles. The first-order valence-corrected chi connectivity index (χ1v) is 8.18. The summed E-state index contributed by atoms with van der Waals surface area (Å²) in [5, 5.41) is 1.26. The van der Waals surface area contributed by atoms with Crippen LogP contribution in [0.25, 0.3) is 0 Å². The Hall–Kier alpha value is -0.963. The summed E-state index contributed by atoms with van der Waals surface area (Å²) >= 11 is 0. The van der Waals surface area contributed by atoms with Crippen molar-refractivity contribution in [3.8, 4) is 11.5 Å². The van der Waals surface area contributed by atoms with Gasteiger partial charge >= 0.3 is 0 Å². The Labute approximate surface area is 120 Å². The van der Waals surface area contributed by atoms with Gasteiger partial charge in [-0.2, -0.15) is 0 Å². The van der Waals surface area contributed by atoms with E-state index in [1.807, 2.05) is 12.1 Å². The molecule has 0 unspecified atom stereocenters. The molecule has 0 saturated heterocycles. The molecule has 0 spiro atoms. The largest absolute Gasteiger partial charge is 0.488 e. The van der Waals surface area contributed by atoms with Crippen LogP contribution in [0.5, 0.6) is 11.5 Å². The van der Waals surface area contributed by atoms with Gasteiger partial charge in [-0.3, -0.25) is 0 Å². The summed E-state index contributed by atoms with van der Waals surface area (Å²) < 4.78 is 12.1. The van der Waals surface area contributed by atoms with Crippen molar-refractivity contribution in [2.45, 2.75) is 65.6 Å². The zero-order chi connectivity index (χ0) is 14.7. The van der Waals surface area contributed by atoms with Gasteiger partial charge in [0.25, 0.3) is 0 Å². The van der Waals surface area contributed by atoms with Crippen LogP contribution in [-0.2, 0) is 0 Å². The lowest BCUT2D eigenvalue weighted by molar-refractivity contribution is 0.101. The van der Waals surface area contributed by atoms with E-state index < -0.39 is 0 Å². The molecule has 0 heterocycles. The highest BCUT2D eigenvalue weighted by Gasteiger charge is 2.20. The fraction of sp³-hybridized carbons (Fsp3) is 0.625. The molecule has 0 N–H and O–H groups in total. The maximum Gasteiger partial charge on any atom is 0.120 e. The van der Waals surface area contributed by atoms with E-state index in [1.165, 1.54) is 5.19 Å². The Morgan fingerprint density at radius 1 is 0.947 bits per heavy atom. The van der Waals surface area contributed by atoms with E-state index in [2.05, 4.69) is 47.6 Å². The van der Waals surface area contributed by atoms with Gasteiger partial charge in [0.1, 0.15) is 22.7 Å². The summed E-state index contributed by atoms with van der Waals surface area (Å²) in [4.78, 5) is 0. The molecule has 108 valence electrons. The second-order valence-electron chi connectivity index (χ2n) is 6.36. The molecule has 2 nitrogen and oxygen atoms in total. The second kappa shape index (κ2) is 5.99. The molecule has 1 aromatic carbocycles. The molecule has 0 aliphatic carbocycles. The predicted octanol–water partition coefficient (Wildman–Crippen LogP) is 2.81. The molecule has 0 bridgehead atoms. The minimum Gasteiger partial charge on any atom is -0.488 e. The number of hydrogen-bond acceptors (Lipinski definition) is 2. The van der Waals surface area contributed by atoms with Gasteiger partial charge in [-0.1, -0.05) is 13.8 Å². The Kier molecular flexibility index (Phi) is 5.08. The predicted molar refractivity (Wildman–Crippen MR) is 86.0 cm³/mol. The van der Waals surface area contributed by atoms with Crippen LogP contribution < -0.4 is 14.7 Å². The lowest BCUT2D eigenvalue weighted by Crippen LogP contribution is -2.30. The van der Waals surface area contributed by atoms with E-state index >= 15 is 0 Å². The zero-order valence-electron chi connectivity index (χ0n) is 13.5. The molecule has 0 radical (unpaired) electrons. The molecular weight excluding hydrogens is 252 g/mol. The maximum atomic E-state index is 6.07. The van der Waals surface area contributed by atoms with Crippen molar-refractivity contribution in [2.75, 3.05) is 0 Å². The smallest absolute Gasteiger partial charge is 0.120 e. The van der Waals surface area contributed by atoms with Crippen molar-refractivity contribution >= 4 is 15.4 Å². The second-order valence-corrected chi connectivity index (χ2v) is 7.44. The topological polar surface area (TPSA) is 18.5 Å². The van der Waals surface area contributed by atoms with Crippen LogP contribution in [0.4, 0.5) is 0 Å². The van der Waals surface area contributed by atoms with Gasteiger partial charge in [0, 0.05) is 10.2 Å². The number of ether oxygens (including phenoxy) is 2. The summed E-state index contributed by atoms with van der Waals surface area (Å²) in [6.45, 7) is 12.8. The Morgan fingerprint density at radius 3 is 1.95 bits per heavy atom. The highest BCUT2D eigenvalue weighted by atomic mass is 28.1. The van der Waals surface area contributed by atoms with Gasteiger partial charge in [0.2, 0.25) is 0 Å². The van der Waals surface area contributed by atoms with E-state index in [4.69, 9.17) is 9.47 Å². The van der Waals surface area contributed by atoms with E-state index in [1.54, 1.807) is 0 Å². The van der Waals surface area contributed by atoms with Crippen molar-refractivity contribution in [2.24, 2.45) is 0 Å². The van der Waals surface area contributed by atoms with Crippen LogP contribution in [0.2, 0.25) is 0 Å². The quantitative estimate of drug-likeness (QED) is 0.746. The first kappa shape index (κ1) is 16.1. The molecule has 0 fully saturated rings. The molecule has 0 saturated carbocycles. The van der Waals surface area contributed by atoms with E-state index in [0.29, 0.717) is 0 Å². The Balaban J connectivity index is 2.86. The summed E-state index contributed by atoms with van der Waals surface area (Å²) in [5.41, 5.74) is -0.219. The van der Waals surface area contributed by atoms with E-state index in [9.17, 15) is 0 Å². The van der Waals surface area contributed by atoms with E-state index in [-0.39, 0.29) is 11.2 Å². The fourth-order valence-corrected chi connectivity index (χ4v) is 2.11. The van der Waals surface area contributed by atoms with Crippen LogP contribution >= 0.6 is 0 Å². The first-order chi connectivity index (χ1) is 8.69. The molecule has 0 aromatic heterocycles. The minimum atomic E-state index is -0.112. The van der Waals surface area contributed by atoms with Crippen molar-refractivity contribution in [3.63, 3.8) is 0 Å². The zero-order valence-corrected chi connectivity index (χ0v) is 15.5. The average Bonchev–Trinajstić information content (AvgIpc) is 2.32. The molecular formula is C16H28O2Si. The van der Waals surface area contributed by atoms with Gasteiger partial charge in [0.05, 0.1) is 0 Å². The van der Waals surface area contributed by atoms with Gasteiger partial charge in [0.15, 0.2) is 0 Å². The van der Waals surface area contributed by atoms with Crippen LogP contribution in [0, 0.1) is 0 Å². The van der Waals surface area contributed by atoms with Crippen molar-refractivity contribution in [3.05, 3.63) is 18.2 Å². The normalized spacial score (nSPS) is 12.5. The van der Waals surface area contributed by atoms with Crippen LogP contribution in [0.1, 0.15) is 54.4 Å². The standard InChI is InChI=1S/C16H28O2Si/c1-7-15(3,4)17-12-9-10-13(14(19)11-12)18-16(5,6)8-2/h9-11H,7-8H2,1-6,19H3. The molecule has 0 atom stereocenters. The van der Waals surface area contributed by atoms with Gasteiger partial charge in [-0.05, 0) is 63.9 Å². The summed E-state index contributed by atoms with van der Waals surface area (Å²) in [5.74, 6) is 1.94. The minimum absolute atomic E-state index is 0.107. The third kappa shape index (κ3) is 4.90.